The smallest absolute Gasteiger partial charge is 0.336 e. The minimum atomic E-state index is -1.05. The fourth-order valence-corrected chi connectivity index (χ4v) is 7.32. The average Bonchev–Trinajstić information content (AvgIpc) is 3.14. The first-order chi connectivity index (χ1) is 24.9. The minimum absolute atomic E-state index is 0.0449. The number of aromatic nitrogens is 1. The quantitative estimate of drug-likeness (QED) is 0.0618. The van der Waals surface area contributed by atoms with Crippen LogP contribution < -0.4 is 10.7 Å². The van der Waals surface area contributed by atoms with E-state index in [4.69, 9.17) is 4.42 Å². The van der Waals surface area contributed by atoms with E-state index in [1.807, 2.05) is 72.6 Å². The lowest BCUT2D eigenvalue weighted by molar-refractivity contribution is 0.0697. The van der Waals surface area contributed by atoms with Crippen LogP contribution in [0.5, 0.6) is 5.75 Å². The van der Waals surface area contributed by atoms with Gasteiger partial charge in [0.25, 0.3) is 0 Å². The van der Waals surface area contributed by atoms with E-state index < -0.39 is 5.97 Å². The summed E-state index contributed by atoms with van der Waals surface area (Å²) in [5, 5.41) is 27.9. The number of nitrogens with one attached hydrogen (secondary N) is 1. The number of hydrogen-bond acceptors (Lipinski definition) is 8. The van der Waals surface area contributed by atoms with Crippen molar-refractivity contribution >= 4 is 56.1 Å². The van der Waals surface area contributed by atoms with Gasteiger partial charge in [0.15, 0.2) is 5.43 Å². The van der Waals surface area contributed by atoms with Crippen LogP contribution in [0.4, 0.5) is 5.69 Å². The molecule has 0 atom stereocenters. The number of rotatable bonds is 13. The molecule has 256 valence electrons. The number of aromatic carboxylic acids is 1. The van der Waals surface area contributed by atoms with Crippen LogP contribution in [0.3, 0.4) is 0 Å². The number of aromatic hydroxyl groups is 1. The Hall–Kier alpha value is -5.64. The van der Waals surface area contributed by atoms with Crippen molar-refractivity contribution in [3.05, 3.63) is 148 Å². The van der Waals surface area contributed by atoms with Crippen molar-refractivity contribution in [1.82, 2.24) is 9.88 Å². The van der Waals surface area contributed by atoms with Gasteiger partial charge in [0.1, 0.15) is 16.9 Å². The standard InChI is InChI=1S/C42H37N3O5S/c1-2-51-22-21-45(26-29-10-7-8-20-43-29)25-28-9-3-6-13-37(28)44-24-36-38(47)19-18-35-39(32-11-4-5-12-33(32)42(48)49)34-16-14-27-23-30(46)15-17-31(27)40(34)50-41(35)36/h3-20,23,44,47H,2,21-22,24-26H2,1H3,(H,48,49). The zero-order valence-electron chi connectivity index (χ0n) is 28.1. The summed E-state index contributed by atoms with van der Waals surface area (Å²) in [5.74, 6) is 1.07. The van der Waals surface area contributed by atoms with Gasteiger partial charge >= 0.3 is 5.97 Å². The zero-order valence-corrected chi connectivity index (χ0v) is 29.0. The Balaban J connectivity index is 1.32. The molecule has 0 aliphatic heterocycles. The topological polar surface area (TPSA) is 116 Å². The van der Waals surface area contributed by atoms with E-state index in [2.05, 4.69) is 28.2 Å². The highest BCUT2D eigenvalue weighted by Gasteiger charge is 2.22. The first kappa shape index (κ1) is 33.8. The Labute approximate surface area is 299 Å². The molecule has 7 rings (SSSR count). The predicted octanol–water partition coefficient (Wildman–Crippen LogP) is 8.93. The lowest BCUT2D eigenvalue weighted by atomic mass is 9.91. The molecule has 0 bridgehead atoms. The molecule has 2 heterocycles. The highest BCUT2D eigenvalue weighted by atomic mass is 32.2. The Kier molecular flexibility index (Phi) is 10.0. The molecule has 8 nitrogen and oxygen atoms in total. The Morgan fingerprint density at radius 1 is 0.863 bits per heavy atom. The van der Waals surface area contributed by atoms with Crippen molar-refractivity contribution < 1.29 is 19.4 Å². The zero-order chi connectivity index (χ0) is 35.3. The van der Waals surface area contributed by atoms with E-state index in [0.29, 0.717) is 55.9 Å². The average molecular weight is 696 g/mol. The van der Waals surface area contributed by atoms with Crippen molar-refractivity contribution in [2.45, 2.75) is 26.6 Å². The Morgan fingerprint density at radius 2 is 1.63 bits per heavy atom. The third-order valence-electron chi connectivity index (χ3n) is 9.08. The van der Waals surface area contributed by atoms with Gasteiger partial charge in [0.2, 0.25) is 0 Å². The highest BCUT2D eigenvalue weighted by Crippen LogP contribution is 2.43. The van der Waals surface area contributed by atoms with E-state index >= 15 is 0 Å². The number of carboxylic acids is 1. The summed E-state index contributed by atoms with van der Waals surface area (Å²) in [6.45, 7) is 4.73. The molecule has 0 aliphatic carbocycles. The third-order valence-corrected chi connectivity index (χ3v) is 9.96. The van der Waals surface area contributed by atoms with Gasteiger partial charge < -0.3 is 19.9 Å². The molecule has 0 unspecified atom stereocenters. The van der Waals surface area contributed by atoms with Crippen molar-refractivity contribution in [3.8, 4) is 16.9 Å². The summed E-state index contributed by atoms with van der Waals surface area (Å²) >= 11 is 1.91. The van der Waals surface area contributed by atoms with Crippen LogP contribution in [0.15, 0.2) is 125 Å². The van der Waals surface area contributed by atoms with Gasteiger partial charge in [-0.05, 0) is 82.9 Å². The number of carbonyl (C=O) groups is 1. The Morgan fingerprint density at radius 3 is 2.45 bits per heavy atom. The highest BCUT2D eigenvalue weighted by molar-refractivity contribution is 7.99. The summed E-state index contributed by atoms with van der Waals surface area (Å²) in [4.78, 5) is 31.7. The number of benzene rings is 5. The molecule has 9 heteroatoms. The molecule has 7 aromatic rings. The molecule has 0 aliphatic rings. The molecule has 0 saturated heterocycles. The van der Waals surface area contributed by atoms with Crippen LogP contribution in [-0.4, -0.2) is 44.1 Å². The monoisotopic (exact) mass is 695 g/mol. The van der Waals surface area contributed by atoms with Crippen LogP contribution in [-0.2, 0) is 19.6 Å². The number of phenols is 1. The van der Waals surface area contributed by atoms with Crippen LogP contribution in [0.2, 0.25) is 0 Å². The predicted molar refractivity (Wildman–Crippen MR) is 207 cm³/mol. The number of carboxylic acid groups (broad SMARTS) is 1. The maximum atomic E-state index is 12.5. The van der Waals surface area contributed by atoms with Gasteiger partial charge in [-0.2, -0.15) is 11.8 Å². The molecule has 3 N–H and O–H groups in total. The fraction of sp³-hybridized carbons (Fsp3) is 0.167. The molecule has 0 fully saturated rings. The number of para-hydroxylation sites is 1. The summed E-state index contributed by atoms with van der Waals surface area (Å²) in [6.07, 6.45) is 1.82. The number of thioether (sulfide) groups is 1. The SMILES string of the molecule is CCSCCN(Cc1ccccn1)Cc1ccccc1NCc1c(O)ccc2c(-c3ccccc3C(=O)O)c3ccc4cc(=O)ccc4c3oc12. The van der Waals surface area contributed by atoms with Gasteiger partial charge in [0.05, 0.1) is 16.8 Å². The van der Waals surface area contributed by atoms with Gasteiger partial charge in [-0.15, -0.1) is 0 Å². The van der Waals surface area contributed by atoms with E-state index in [9.17, 15) is 19.8 Å². The van der Waals surface area contributed by atoms with Crippen LogP contribution in [0.25, 0.3) is 43.8 Å². The van der Waals surface area contributed by atoms with Crippen molar-refractivity contribution in [3.63, 3.8) is 0 Å². The molecule has 2 aromatic heterocycles. The lowest BCUT2D eigenvalue weighted by Crippen LogP contribution is -2.26. The second-order valence-corrected chi connectivity index (χ2v) is 13.7. The maximum absolute atomic E-state index is 12.5. The fourth-order valence-electron chi connectivity index (χ4n) is 6.64. The molecule has 0 saturated carbocycles. The third kappa shape index (κ3) is 7.17. The number of anilines is 1. The van der Waals surface area contributed by atoms with Gasteiger partial charge in [-0.25, -0.2) is 4.79 Å². The molecule has 0 spiro atoms. The van der Waals surface area contributed by atoms with Crippen molar-refractivity contribution in [2.24, 2.45) is 0 Å². The van der Waals surface area contributed by atoms with Gasteiger partial charge in [0, 0.05) is 65.5 Å². The first-order valence-corrected chi connectivity index (χ1v) is 18.1. The second-order valence-electron chi connectivity index (χ2n) is 12.3. The summed E-state index contributed by atoms with van der Waals surface area (Å²) < 4.78 is 6.71. The summed E-state index contributed by atoms with van der Waals surface area (Å²) in [5.41, 5.74) is 5.72. The van der Waals surface area contributed by atoms with Gasteiger partial charge in [-0.3, -0.25) is 14.7 Å². The number of fused-ring (bicyclic) bond motifs is 4. The first-order valence-electron chi connectivity index (χ1n) is 16.9. The van der Waals surface area contributed by atoms with Crippen LogP contribution >= 0.6 is 11.8 Å². The maximum Gasteiger partial charge on any atom is 0.336 e. The van der Waals surface area contributed by atoms with Crippen LogP contribution in [0.1, 0.15) is 34.1 Å². The normalized spacial score (nSPS) is 11.5. The van der Waals surface area contributed by atoms with Crippen LogP contribution in [0, 0.1) is 0 Å². The number of nitrogens with zero attached hydrogens (tertiary/aromatic N) is 2. The molecule has 51 heavy (non-hydrogen) atoms. The van der Waals surface area contributed by atoms with Crippen molar-refractivity contribution in [1.29, 1.82) is 0 Å². The number of pyridine rings is 1. The molecule has 5 aromatic carbocycles. The van der Waals surface area contributed by atoms with E-state index in [0.717, 1.165) is 41.5 Å². The second kappa shape index (κ2) is 15.1. The van der Waals surface area contributed by atoms with E-state index in [1.165, 1.54) is 6.07 Å². The largest absolute Gasteiger partial charge is 0.507 e. The molecular formula is C42H37N3O5S. The van der Waals surface area contributed by atoms with Gasteiger partial charge in [-0.1, -0.05) is 55.5 Å². The summed E-state index contributed by atoms with van der Waals surface area (Å²) in [7, 11) is 0. The van der Waals surface area contributed by atoms with E-state index in [-0.39, 0.29) is 23.3 Å². The molecular weight excluding hydrogens is 659 g/mol. The van der Waals surface area contributed by atoms with Crippen molar-refractivity contribution in [2.75, 3.05) is 23.4 Å². The lowest BCUT2D eigenvalue weighted by Gasteiger charge is -2.24. The molecule has 0 amide bonds. The summed E-state index contributed by atoms with van der Waals surface area (Å²) in [6, 6.07) is 32.9. The number of phenolic OH excluding ortho intramolecular Hbond substituents is 1. The number of hydrogen-bond donors (Lipinski definition) is 3. The minimum Gasteiger partial charge on any atom is -0.507 e. The van der Waals surface area contributed by atoms with E-state index in [1.54, 1.807) is 42.5 Å². The Bertz CT molecular complexity index is 2430. The molecule has 0 radical (unpaired) electrons.